The zero-order valence-corrected chi connectivity index (χ0v) is 13.6. The molecule has 0 amide bonds. The molecule has 19 heavy (non-hydrogen) atoms. The minimum absolute atomic E-state index is 0. The third kappa shape index (κ3) is 2.30. The molecule has 3 rings (SSSR count). The second kappa shape index (κ2) is 5.39. The molecule has 0 spiro atoms. The van der Waals surface area contributed by atoms with Crippen molar-refractivity contribution in [3.05, 3.63) is 36.7 Å². The molecule has 0 bridgehead atoms. The van der Waals surface area contributed by atoms with E-state index in [2.05, 4.69) is 60.3 Å². The number of para-hydroxylation sites is 2. The van der Waals surface area contributed by atoms with Crippen LogP contribution in [0.15, 0.2) is 36.7 Å². The quantitative estimate of drug-likeness (QED) is 0.683. The fourth-order valence-corrected chi connectivity index (χ4v) is 2.30. The Labute approximate surface area is 128 Å². The number of hydrogen-bond acceptors (Lipinski definition) is 3. The number of benzene rings is 1. The van der Waals surface area contributed by atoms with E-state index in [1.165, 1.54) is 11.4 Å². The molecule has 0 saturated carbocycles. The summed E-state index contributed by atoms with van der Waals surface area (Å²) in [6.07, 6.45) is 3.79. The van der Waals surface area contributed by atoms with Crippen molar-refractivity contribution in [3.8, 4) is 0 Å². The van der Waals surface area contributed by atoms with Gasteiger partial charge in [0.15, 0.2) is 5.95 Å². The summed E-state index contributed by atoms with van der Waals surface area (Å²) in [6, 6.07) is 8.84. The minimum Gasteiger partial charge on any atom is -0.395 e. The normalized spacial score (nSPS) is 13.3. The maximum absolute atomic E-state index is 4.42. The average Bonchev–Trinajstić information content (AvgIpc) is 2.92. The molecule has 2 aromatic rings. The van der Waals surface area contributed by atoms with Gasteiger partial charge in [0.05, 0.1) is 5.69 Å². The van der Waals surface area contributed by atoms with Crippen LogP contribution >= 0.6 is 0 Å². The van der Waals surface area contributed by atoms with Crippen LogP contribution in [0, 0.1) is 0 Å². The number of hydrogen-bond donors (Lipinski definition) is 0. The summed E-state index contributed by atoms with van der Waals surface area (Å²) in [5, 5.41) is 0. The molecule has 1 aliphatic rings. The largest absolute Gasteiger partial charge is 0.399 e. The van der Waals surface area contributed by atoms with Crippen LogP contribution < -0.4 is 9.62 Å². The predicted octanol–water partition coefficient (Wildman–Crippen LogP) is 2.32. The number of fused-ring (bicyclic) bond motifs is 1. The van der Waals surface area contributed by atoms with E-state index in [0.717, 1.165) is 5.95 Å². The van der Waals surface area contributed by atoms with Gasteiger partial charge >= 0.3 is 7.55 Å². The molecule has 0 fully saturated rings. The van der Waals surface area contributed by atoms with E-state index in [1.807, 2.05) is 24.0 Å². The Morgan fingerprint density at radius 2 is 1.84 bits per heavy atom. The molecule has 1 aromatic heterocycles. The summed E-state index contributed by atoms with van der Waals surface area (Å²) in [4.78, 5) is 8.82. The number of aromatic nitrogens is 2. The van der Waals surface area contributed by atoms with Crippen molar-refractivity contribution < 1.29 is 20.1 Å². The fourth-order valence-electron chi connectivity index (χ4n) is 2.30. The van der Waals surface area contributed by atoms with Crippen molar-refractivity contribution in [2.75, 3.05) is 9.62 Å². The number of imidazole rings is 1. The monoisotopic (exact) mass is 432 g/mol. The second-order valence-corrected chi connectivity index (χ2v) is 4.81. The first kappa shape index (κ1) is 14.2. The standard InChI is InChI=1S/C13H16BN4.Ir/c1-10(2)17-11-6-4-5-7-12(11)18(14-17)13-15-8-9-16(13)3;/h4-10H,1-3H3;. The van der Waals surface area contributed by atoms with Crippen molar-refractivity contribution in [1.82, 2.24) is 9.55 Å². The molecule has 100 valence electrons. The first-order valence-corrected chi connectivity index (χ1v) is 6.17. The number of aryl methyl sites for hydroxylation is 1. The Hall–Kier alpha value is -1.26. The Balaban J connectivity index is 0.00000133. The van der Waals surface area contributed by atoms with Gasteiger partial charge in [-0.2, -0.15) is 0 Å². The smallest absolute Gasteiger partial charge is 0.395 e. The molecule has 1 aliphatic heterocycles. The predicted molar refractivity (Wildman–Crippen MR) is 75.2 cm³/mol. The van der Waals surface area contributed by atoms with E-state index in [-0.39, 0.29) is 20.1 Å². The number of anilines is 3. The molecular formula is C13H16BIrN4. The summed E-state index contributed by atoms with van der Waals surface area (Å²) in [6.45, 7) is 4.38. The molecule has 6 heteroatoms. The number of rotatable bonds is 2. The summed E-state index contributed by atoms with van der Waals surface area (Å²) < 4.78 is 2.02. The van der Waals surface area contributed by atoms with Crippen molar-refractivity contribution in [2.24, 2.45) is 7.05 Å². The van der Waals surface area contributed by atoms with Gasteiger partial charge in [-0.05, 0) is 26.0 Å². The van der Waals surface area contributed by atoms with E-state index in [4.69, 9.17) is 0 Å². The molecule has 4 nitrogen and oxygen atoms in total. The number of nitrogens with zero attached hydrogens (tertiary/aromatic N) is 4. The van der Waals surface area contributed by atoms with Crippen LogP contribution in [-0.4, -0.2) is 23.1 Å². The third-order valence-electron chi connectivity index (χ3n) is 3.23. The van der Waals surface area contributed by atoms with Crippen LogP contribution in [-0.2, 0) is 27.2 Å². The van der Waals surface area contributed by atoms with Crippen LogP contribution in [0.5, 0.6) is 0 Å². The van der Waals surface area contributed by atoms with Gasteiger partial charge in [0, 0.05) is 51.3 Å². The van der Waals surface area contributed by atoms with Crippen LogP contribution in [0.3, 0.4) is 0 Å². The van der Waals surface area contributed by atoms with Gasteiger partial charge in [-0.3, -0.25) is 0 Å². The Morgan fingerprint density at radius 1 is 1.16 bits per heavy atom. The van der Waals surface area contributed by atoms with Crippen molar-refractivity contribution >= 4 is 24.9 Å². The molecule has 0 saturated heterocycles. The van der Waals surface area contributed by atoms with Crippen molar-refractivity contribution in [2.45, 2.75) is 19.9 Å². The summed E-state index contributed by atoms with van der Waals surface area (Å²) in [5.74, 6) is 0.936. The fraction of sp³-hybridized carbons (Fsp3) is 0.308. The summed E-state index contributed by atoms with van der Waals surface area (Å²) in [7, 11) is 4.13. The first-order valence-electron chi connectivity index (χ1n) is 6.17. The van der Waals surface area contributed by atoms with Crippen LogP contribution in [0.2, 0.25) is 0 Å². The zero-order chi connectivity index (χ0) is 12.7. The van der Waals surface area contributed by atoms with Gasteiger partial charge in [0.2, 0.25) is 0 Å². The van der Waals surface area contributed by atoms with Gasteiger partial charge in [-0.15, -0.1) is 0 Å². The molecule has 0 atom stereocenters. The SMILES string of the molecule is CC(C)N1[B]N(c2nccn2C)c2ccccc21.[Ir]. The van der Waals surface area contributed by atoms with Crippen LogP contribution in [0.1, 0.15) is 13.8 Å². The zero-order valence-electron chi connectivity index (χ0n) is 11.2. The van der Waals surface area contributed by atoms with E-state index in [9.17, 15) is 0 Å². The molecule has 1 aromatic carbocycles. The van der Waals surface area contributed by atoms with Gasteiger partial charge in [0.1, 0.15) is 0 Å². The third-order valence-corrected chi connectivity index (χ3v) is 3.23. The topological polar surface area (TPSA) is 24.3 Å². The molecular weight excluding hydrogens is 415 g/mol. The van der Waals surface area contributed by atoms with Gasteiger partial charge < -0.3 is 14.2 Å². The van der Waals surface area contributed by atoms with Crippen LogP contribution in [0.4, 0.5) is 17.3 Å². The molecule has 0 aliphatic carbocycles. The van der Waals surface area contributed by atoms with Crippen LogP contribution in [0.25, 0.3) is 0 Å². The van der Waals surface area contributed by atoms with Gasteiger partial charge in [-0.1, -0.05) is 12.1 Å². The molecule has 2 heterocycles. The van der Waals surface area contributed by atoms with Crippen molar-refractivity contribution in [1.29, 1.82) is 0 Å². The van der Waals surface area contributed by atoms with Gasteiger partial charge in [-0.25, -0.2) is 4.98 Å². The summed E-state index contributed by atoms with van der Waals surface area (Å²) in [5.41, 5.74) is 2.41. The van der Waals surface area contributed by atoms with Gasteiger partial charge in [0.25, 0.3) is 0 Å². The Bertz CT molecular complexity index is 569. The Morgan fingerprint density at radius 3 is 2.42 bits per heavy atom. The van der Waals surface area contributed by atoms with E-state index >= 15 is 0 Å². The molecule has 2 radical (unpaired) electrons. The van der Waals surface area contributed by atoms with E-state index in [1.54, 1.807) is 0 Å². The maximum atomic E-state index is 4.42. The molecule has 0 N–H and O–H groups in total. The van der Waals surface area contributed by atoms with E-state index < -0.39 is 0 Å². The Kier molecular flexibility index (Phi) is 4.02. The maximum Gasteiger partial charge on any atom is 0.399 e. The second-order valence-electron chi connectivity index (χ2n) is 4.81. The molecule has 0 unspecified atom stereocenters. The van der Waals surface area contributed by atoms with E-state index in [0.29, 0.717) is 6.04 Å². The minimum atomic E-state index is 0. The van der Waals surface area contributed by atoms with Crippen molar-refractivity contribution in [3.63, 3.8) is 0 Å². The average molecular weight is 431 g/mol. The summed E-state index contributed by atoms with van der Waals surface area (Å²) >= 11 is 0. The first-order chi connectivity index (χ1) is 8.68.